The van der Waals surface area contributed by atoms with Gasteiger partial charge in [0.05, 0.1) is 17.4 Å². The van der Waals surface area contributed by atoms with Crippen molar-refractivity contribution in [2.75, 3.05) is 13.2 Å². The van der Waals surface area contributed by atoms with Gasteiger partial charge in [-0.05, 0) is 32.6 Å². The smallest absolute Gasteiger partial charge is 0.230 e. The fourth-order valence-corrected chi connectivity index (χ4v) is 3.31. The Kier molecular flexibility index (Phi) is 3.21. The molecule has 0 saturated carbocycles. The third-order valence-corrected chi connectivity index (χ3v) is 4.47. The summed E-state index contributed by atoms with van der Waals surface area (Å²) in [4.78, 5) is 4.39. The van der Waals surface area contributed by atoms with Crippen LogP contribution in [0.5, 0.6) is 0 Å². The summed E-state index contributed by atoms with van der Waals surface area (Å²) in [5.74, 6) is 1.74. The highest BCUT2D eigenvalue weighted by Crippen LogP contribution is 2.33. The molecule has 1 unspecified atom stereocenters. The third-order valence-electron chi connectivity index (χ3n) is 4.47. The normalized spacial score (nSPS) is 23.2. The maximum absolute atomic E-state index is 5.44. The molecule has 1 aliphatic heterocycles. The molecule has 2 aliphatic rings. The SMILES string of the molecule is Cc1noc(C2CCc3nnn(C4CCOCC4)c3C2)n1. The van der Waals surface area contributed by atoms with E-state index in [4.69, 9.17) is 9.26 Å². The van der Waals surface area contributed by atoms with Crippen molar-refractivity contribution in [1.82, 2.24) is 25.1 Å². The summed E-state index contributed by atoms with van der Waals surface area (Å²) in [6, 6.07) is 0.415. The second-order valence-corrected chi connectivity index (χ2v) is 5.89. The molecule has 3 heterocycles. The van der Waals surface area contributed by atoms with Crippen molar-refractivity contribution >= 4 is 0 Å². The van der Waals surface area contributed by atoms with E-state index in [1.807, 2.05) is 6.92 Å². The predicted octanol–water partition coefficient (Wildman–Crippen LogP) is 1.59. The molecule has 0 bridgehead atoms. The molecule has 2 aromatic heterocycles. The minimum absolute atomic E-state index is 0.288. The number of hydrogen-bond donors (Lipinski definition) is 0. The highest BCUT2D eigenvalue weighted by Gasteiger charge is 2.30. The molecule has 7 nitrogen and oxygen atoms in total. The van der Waals surface area contributed by atoms with Gasteiger partial charge in [-0.2, -0.15) is 4.98 Å². The minimum Gasteiger partial charge on any atom is -0.381 e. The molecule has 4 rings (SSSR count). The molecular weight excluding hydrogens is 270 g/mol. The predicted molar refractivity (Wildman–Crippen MR) is 72.9 cm³/mol. The van der Waals surface area contributed by atoms with Gasteiger partial charge in [0, 0.05) is 25.6 Å². The van der Waals surface area contributed by atoms with Gasteiger partial charge in [-0.3, -0.25) is 0 Å². The van der Waals surface area contributed by atoms with Gasteiger partial charge in [-0.25, -0.2) is 4.68 Å². The van der Waals surface area contributed by atoms with E-state index in [0.29, 0.717) is 11.9 Å². The first-order chi connectivity index (χ1) is 10.3. The van der Waals surface area contributed by atoms with Gasteiger partial charge < -0.3 is 9.26 Å². The van der Waals surface area contributed by atoms with Crippen molar-refractivity contribution in [1.29, 1.82) is 0 Å². The Balaban J connectivity index is 1.60. The van der Waals surface area contributed by atoms with Crippen LogP contribution < -0.4 is 0 Å². The van der Waals surface area contributed by atoms with Crippen LogP contribution in [-0.2, 0) is 17.6 Å². The Morgan fingerprint density at radius 3 is 2.81 bits per heavy atom. The van der Waals surface area contributed by atoms with E-state index >= 15 is 0 Å². The summed E-state index contributed by atoms with van der Waals surface area (Å²) in [6.45, 7) is 3.48. The molecule has 0 aromatic carbocycles. The second kappa shape index (κ2) is 5.22. The van der Waals surface area contributed by atoms with Gasteiger partial charge in [0.25, 0.3) is 0 Å². The van der Waals surface area contributed by atoms with Gasteiger partial charge in [-0.1, -0.05) is 10.4 Å². The summed E-state index contributed by atoms with van der Waals surface area (Å²) < 4.78 is 12.9. The molecule has 1 saturated heterocycles. The first-order valence-electron chi connectivity index (χ1n) is 7.62. The lowest BCUT2D eigenvalue weighted by molar-refractivity contribution is 0.0647. The van der Waals surface area contributed by atoms with E-state index in [1.54, 1.807) is 0 Å². The number of hydrogen-bond acceptors (Lipinski definition) is 6. The molecule has 0 N–H and O–H groups in total. The van der Waals surface area contributed by atoms with Gasteiger partial charge >= 0.3 is 0 Å². The summed E-state index contributed by atoms with van der Waals surface area (Å²) in [7, 11) is 0. The minimum atomic E-state index is 0.288. The number of fused-ring (bicyclic) bond motifs is 1. The van der Waals surface area contributed by atoms with Gasteiger partial charge in [0.15, 0.2) is 5.82 Å². The third kappa shape index (κ3) is 2.35. The molecule has 1 fully saturated rings. The van der Waals surface area contributed by atoms with Crippen LogP contribution in [0.3, 0.4) is 0 Å². The van der Waals surface area contributed by atoms with Crippen LogP contribution in [0.4, 0.5) is 0 Å². The molecule has 0 spiro atoms. The van der Waals surface area contributed by atoms with Crippen LogP contribution in [0.2, 0.25) is 0 Å². The lowest BCUT2D eigenvalue weighted by atomic mass is 9.89. The van der Waals surface area contributed by atoms with Crippen molar-refractivity contribution < 1.29 is 9.26 Å². The Hall–Kier alpha value is -1.76. The number of aryl methyl sites for hydroxylation is 2. The molecule has 21 heavy (non-hydrogen) atoms. The molecule has 1 aliphatic carbocycles. The van der Waals surface area contributed by atoms with Crippen LogP contribution in [0.1, 0.15) is 54.3 Å². The zero-order valence-electron chi connectivity index (χ0n) is 12.2. The van der Waals surface area contributed by atoms with Crippen molar-refractivity contribution in [2.45, 2.75) is 51.0 Å². The first kappa shape index (κ1) is 12.9. The van der Waals surface area contributed by atoms with Gasteiger partial charge in [0.1, 0.15) is 0 Å². The number of rotatable bonds is 2. The Bertz CT molecular complexity index is 629. The summed E-state index contributed by atoms with van der Waals surface area (Å²) in [5, 5.41) is 12.7. The summed E-state index contributed by atoms with van der Waals surface area (Å²) in [5.41, 5.74) is 2.38. The Morgan fingerprint density at radius 1 is 1.19 bits per heavy atom. The fraction of sp³-hybridized carbons (Fsp3) is 0.714. The molecule has 7 heteroatoms. The van der Waals surface area contributed by atoms with E-state index in [0.717, 1.165) is 56.9 Å². The van der Waals surface area contributed by atoms with E-state index in [9.17, 15) is 0 Å². The average molecular weight is 289 g/mol. The number of aromatic nitrogens is 5. The van der Waals surface area contributed by atoms with Crippen molar-refractivity contribution in [2.24, 2.45) is 0 Å². The Morgan fingerprint density at radius 2 is 2.05 bits per heavy atom. The zero-order chi connectivity index (χ0) is 14.2. The van der Waals surface area contributed by atoms with Crippen molar-refractivity contribution in [3.05, 3.63) is 23.1 Å². The van der Waals surface area contributed by atoms with Gasteiger partial charge in [0.2, 0.25) is 5.89 Å². The van der Waals surface area contributed by atoms with Crippen LogP contribution in [0, 0.1) is 6.92 Å². The largest absolute Gasteiger partial charge is 0.381 e. The topological polar surface area (TPSA) is 78.9 Å². The highest BCUT2D eigenvalue weighted by molar-refractivity contribution is 5.19. The maximum atomic E-state index is 5.44. The molecular formula is C14H19N5O2. The quantitative estimate of drug-likeness (QED) is 0.835. The average Bonchev–Trinajstić information content (AvgIpc) is 3.13. The van der Waals surface area contributed by atoms with E-state index < -0.39 is 0 Å². The first-order valence-corrected chi connectivity index (χ1v) is 7.62. The van der Waals surface area contributed by atoms with E-state index in [2.05, 4.69) is 25.1 Å². The Labute approximate surface area is 122 Å². The second-order valence-electron chi connectivity index (χ2n) is 5.89. The monoisotopic (exact) mass is 289 g/mol. The van der Waals surface area contributed by atoms with Crippen molar-refractivity contribution in [3.63, 3.8) is 0 Å². The molecule has 0 amide bonds. The maximum Gasteiger partial charge on any atom is 0.230 e. The van der Waals surface area contributed by atoms with Crippen LogP contribution in [-0.4, -0.2) is 38.3 Å². The van der Waals surface area contributed by atoms with E-state index in [-0.39, 0.29) is 5.92 Å². The van der Waals surface area contributed by atoms with Crippen LogP contribution in [0.25, 0.3) is 0 Å². The standard InChI is InChI=1S/C14H19N5O2/c1-9-15-14(21-17-9)10-2-3-12-13(8-10)19(18-16-12)11-4-6-20-7-5-11/h10-11H,2-8H2,1H3. The van der Waals surface area contributed by atoms with Crippen molar-refractivity contribution in [3.8, 4) is 0 Å². The van der Waals surface area contributed by atoms with Gasteiger partial charge in [-0.15, -0.1) is 5.10 Å². The highest BCUT2D eigenvalue weighted by atomic mass is 16.5. The van der Waals surface area contributed by atoms with E-state index in [1.165, 1.54) is 5.69 Å². The van der Waals surface area contributed by atoms with Crippen LogP contribution in [0.15, 0.2) is 4.52 Å². The summed E-state index contributed by atoms with van der Waals surface area (Å²) >= 11 is 0. The fourth-order valence-electron chi connectivity index (χ4n) is 3.31. The number of nitrogens with zero attached hydrogens (tertiary/aromatic N) is 5. The summed E-state index contributed by atoms with van der Waals surface area (Å²) in [6.07, 6.45) is 4.85. The lowest BCUT2D eigenvalue weighted by Gasteiger charge is -2.26. The zero-order valence-corrected chi connectivity index (χ0v) is 12.2. The van der Waals surface area contributed by atoms with Crippen LogP contribution >= 0.6 is 0 Å². The molecule has 112 valence electrons. The number of ether oxygens (including phenoxy) is 1. The molecule has 2 aromatic rings. The lowest BCUT2D eigenvalue weighted by Crippen LogP contribution is -2.24. The molecule has 0 radical (unpaired) electrons. The molecule has 1 atom stereocenters.